The summed E-state index contributed by atoms with van der Waals surface area (Å²) in [5.41, 5.74) is 0. The van der Waals surface area contributed by atoms with Crippen molar-refractivity contribution in [2.45, 2.75) is 11.3 Å². The lowest BCUT2D eigenvalue weighted by Crippen LogP contribution is -2.37. The number of nitrogens with one attached hydrogen (secondary N) is 2. The summed E-state index contributed by atoms with van der Waals surface area (Å²) in [5, 5.41) is 5.41. The summed E-state index contributed by atoms with van der Waals surface area (Å²) in [6.45, 7) is 0.620. The predicted octanol–water partition coefficient (Wildman–Crippen LogP) is 0.396. The summed E-state index contributed by atoms with van der Waals surface area (Å²) in [4.78, 5) is 15.6. The van der Waals surface area contributed by atoms with Crippen LogP contribution >= 0.6 is 15.9 Å². The second-order valence-electron chi connectivity index (χ2n) is 4.29. The van der Waals surface area contributed by atoms with Crippen LogP contribution in [0.25, 0.3) is 0 Å². The number of sulfonamides is 1. The van der Waals surface area contributed by atoms with Crippen molar-refractivity contribution in [3.63, 3.8) is 0 Å². The molecule has 1 saturated heterocycles. The largest absolute Gasteiger partial charge is 0.372 e. The first kappa shape index (κ1) is 15.2. The Balaban J connectivity index is 2.43. The van der Waals surface area contributed by atoms with E-state index in [9.17, 15) is 13.2 Å². The van der Waals surface area contributed by atoms with E-state index in [1.807, 2.05) is 0 Å². The van der Waals surface area contributed by atoms with Crippen LogP contribution in [0.4, 0.5) is 5.82 Å². The molecule has 110 valence electrons. The van der Waals surface area contributed by atoms with Gasteiger partial charge in [-0.2, -0.15) is 4.31 Å². The molecule has 1 aliphatic rings. The van der Waals surface area contributed by atoms with E-state index in [4.69, 9.17) is 0 Å². The third-order valence-electron chi connectivity index (χ3n) is 2.90. The van der Waals surface area contributed by atoms with Crippen LogP contribution in [0.5, 0.6) is 0 Å². The molecule has 0 saturated carbocycles. The van der Waals surface area contributed by atoms with Crippen molar-refractivity contribution >= 4 is 37.7 Å². The lowest BCUT2D eigenvalue weighted by Gasteiger charge is -2.20. The fraction of sp³-hybridized carbons (Fsp3) is 0.455. The topological polar surface area (TPSA) is 91.4 Å². The number of carbonyl (C=O) groups excluding carboxylic acids is 1. The lowest BCUT2D eigenvalue weighted by atomic mass is 10.4. The first-order valence-electron chi connectivity index (χ1n) is 6.05. The number of hydrogen-bond donors (Lipinski definition) is 2. The molecule has 2 heterocycles. The monoisotopic (exact) mass is 362 g/mol. The smallest absolute Gasteiger partial charge is 0.247 e. The second-order valence-corrected chi connectivity index (χ2v) is 7.11. The molecule has 1 amide bonds. The van der Waals surface area contributed by atoms with Gasteiger partial charge in [-0.15, -0.1) is 0 Å². The number of carbonyl (C=O) groups is 1. The van der Waals surface area contributed by atoms with Gasteiger partial charge >= 0.3 is 0 Å². The second kappa shape index (κ2) is 6.06. The van der Waals surface area contributed by atoms with Crippen LogP contribution < -0.4 is 10.6 Å². The Morgan fingerprint density at radius 3 is 2.95 bits per heavy atom. The Kier molecular flexibility index (Phi) is 4.61. The Morgan fingerprint density at radius 2 is 2.25 bits per heavy atom. The molecule has 1 aliphatic heterocycles. The molecule has 2 N–H and O–H groups in total. The van der Waals surface area contributed by atoms with Gasteiger partial charge in [0.1, 0.15) is 10.7 Å². The van der Waals surface area contributed by atoms with Crippen LogP contribution in [0, 0.1) is 0 Å². The Bertz CT molecular complexity index is 620. The molecular formula is C11H15BrN4O3S. The van der Waals surface area contributed by atoms with Gasteiger partial charge in [-0.05, 0) is 28.4 Å². The van der Waals surface area contributed by atoms with Crippen LogP contribution in [0.3, 0.4) is 0 Å². The van der Waals surface area contributed by atoms with E-state index in [0.29, 0.717) is 24.0 Å². The summed E-state index contributed by atoms with van der Waals surface area (Å²) in [5.74, 6) is -0.0297. The van der Waals surface area contributed by atoms with Crippen molar-refractivity contribution < 1.29 is 13.2 Å². The highest BCUT2D eigenvalue weighted by molar-refractivity contribution is 9.10. The normalized spacial score (nSPS) is 17.4. The van der Waals surface area contributed by atoms with E-state index in [0.717, 1.165) is 0 Å². The Hall–Kier alpha value is -1.19. The van der Waals surface area contributed by atoms with Crippen molar-refractivity contribution in [1.29, 1.82) is 0 Å². The maximum atomic E-state index is 12.7. The van der Waals surface area contributed by atoms with Crippen LogP contribution in [-0.2, 0) is 14.8 Å². The zero-order valence-electron chi connectivity index (χ0n) is 10.9. The van der Waals surface area contributed by atoms with Crippen molar-refractivity contribution in [3.8, 4) is 0 Å². The van der Waals surface area contributed by atoms with Gasteiger partial charge in [-0.3, -0.25) is 4.79 Å². The van der Waals surface area contributed by atoms with E-state index in [1.165, 1.54) is 16.6 Å². The van der Waals surface area contributed by atoms with Crippen molar-refractivity contribution in [2.24, 2.45) is 0 Å². The molecule has 0 aromatic carbocycles. The minimum absolute atomic E-state index is 0.0593. The summed E-state index contributed by atoms with van der Waals surface area (Å²) in [6, 6.07) is 1.48. The molecule has 0 unspecified atom stereocenters. The van der Waals surface area contributed by atoms with Gasteiger partial charge < -0.3 is 10.6 Å². The number of halogens is 1. The zero-order chi connectivity index (χ0) is 14.8. The quantitative estimate of drug-likeness (QED) is 0.811. The number of rotatable bonds is 3. The molecule has 1 aromatic rings. The molecule has 0 bridgehead atoms. The standard InChI is InChI=1S/C11H15BrN4O3S/c1-13-11-9(5-8(12)6-15-11)20(18,19)16-4-2-3-14-10(17)7-16/h5-6H,2-4,7H2,1H3,(H,13,15)(H,14,17). The highest BCUT2D eigenvalue weighted by Gasteiger charge is 2.30. The van der Waals surface area contributed by atoms with Gasteiger partial charge in [0, 0.05) is 30.8 Å². The molecule has 1 aromatic heterocycles. The molecule has 0 spiro atoms. The molecular weight excluding hydrogens is 348 g/mol. The van der Waals surface area contributed by atoms with Crippen molar-refractivity contribution in [3.05, 3.63) is 16.7 Å². The van der Waals surface area contributed by atoms with Crippen LogP contribution in [0.15, 0.2) is 21.6 Å². The Labute approximate surface area is 125 Å². The first-order valence-corrected chi connectivity index (χ1v) is 8.28. The highest BCUT2D eigenvalue weighted by Crippen LogP contribution is 2.26. The average molecular weight is 363 g/mol. The van der Waals surface area contributed by atoms with Crippen LogP contribution in [0.1, 0.15) is 6.42 Å². The van der Waals surface area contributed by atoms with E-state index in [1.54, 1.807) is 7.05 Å². The van der Waals surface area contributed by atoms with Gasteiger partial charge in [0.15, 0.2) is 0 Å². The minimum atomic E-state index is -3.77. The third-order valence-corrected chi connectivity index (χ3v) is 5.19. The van der Waals surface area contributed by atoms with Gasteiger partial charge in [0.25, 0.3) is 0 Å². The molecule has 20 heavy (non-hydrogen) atoms. The van der Waals surface area contributed by atoms with Gasteiger partial charge in [0.2, 0.25) is 15.9 Å². The molecule has 2 rings (SSSR count). The lowest BCUT2D eigenvalue weighted by molar-refractivity contribution is -0.120. The minimum Gasteiger partial charge on any atom is -0.372 e. The third kappa shape index (κ3) is 3.10. The summed E-state index contributed by atoms with van der Waals surface area (Å²) >= 11 is 3.22. The van der Waals surface area contributed by atoms with Crippen LogP contribution in [0.2, 0.25) is 0 Å². The van der Waals surface area contributed by atoms with E-state index >= 15 is 0 Å². The van der Waals surface area contributed by atoms with Gasteiger partial charge in [-0.1, -0.05) is 0 Å². The van der Waals surface area contributed by atoms with E-state index in [2.05, 4.69) is 31.5 Å². The number of amides is 1. The fourth-order valence-corrected chi connectivity index (χ4v) is 4.02. The molecule has 7 nitrogen and oxygen atoms in total. The summed E-state index contributed by atoms with van der Waals surface area (Å²) in [6.07, 6.45) is 2.10. The molecule has 9 heteroatoms. The van der Waals surface area contributed by atoms with Crippen molar-refractivity contribution in [1.82, 2.24) is 14.6 Å². The maximum Gasteiger partial charge on any atom is 0.247 e. The number of nitrogens with zero attached hydrogens (tertiary/aromatic N) is 2. The maximum absolute atomic E-state index is 12.7. The summed E-state index contributed by atoms with van der Waals surface area (Å²) < 4.78 is 27.1. The number of anilines is 1. The highest BCUT2D eigenvalue weighted by atomic mass is 79.9. The van der Waals surface area contributed by atoms with Gasteiger partial charge in [-0.25, -0.2) is 13.4 Å². The summed E-state index contributed by atoms with van der Waals surface area (Å²) in [7, 11) is -2.16. The molecule has 0 atom stereocenters. The Morgan fingerprint density at radius 1 is 1.50 bits per heavy atom. The zero-order valence-corrected chi connectivity index (χ0v) is 13.3. The molecule has 0 aliphatic carbocycles. The van der Waals surface area contributed by atoms with Gasteiger partial charge in [0.05, 0.1) is 6.54 Å². The SMILES string of the molecule is CNc1ncc(Br)cc1S(=O)(=O)N1CCCNC(=O)C1. The number of aromatic nitrogens is 1. The first-order chi connectivity index (χ1) is 9.45. The fourth-order valence-electron chi connectivity index (χ4n) is 1.93. The van der Waals surface area contributed by atoms with Crippen LogP contribution in [-0.4, -0.2) is 50.3 Å². The van der Waals surface area contributed by atoms with E-state index < -0.39 is 10.0 Å². The number of hydrogen-bond acceptors (Lipinski definition) is 5. The molecule has 0 radical (unpaired) electrons. The van der Waals surface area contributed by atoms with E-state index in [-0.39, 0.29) is 23.2 Å². The number of pyridine rings is 1. The predicted molar refractivity (Wildman–Crippen MR) is 77.9 cm³/mol. The van der Waals surface area contributed by atoms with Crippen molar-refractivity contribution in [2.75, 3.05) is 32.0 Å². The average Bonchev–Trinajstić information content (AvgIpc) is 2.64. The molecule has 1 fully saturated rings.